The van der Waals surface area contributed by atoms with Crippen LogP contribution in [0.25, 0.3) is 10.2 Å². The molecular weight excluding hydrogens is 218 g/mol. The molecule has 2 rings (SSSR count). The topological polar surface area (TPSA) is 30.0 Å². The molecule has 84 valence electrons. The number of carbonyl (C=O) groups excluding carboxylic acids is 1. The van der Waals surface area contributed by atoms with Crippen molar-refractivity contribution in [1.82, 2.24) is 4.98 Å². The molecule has 0 saturated heterocycles. The third-order valence-corrected chi connectivity index (χ3v) is 3.87. The summed E-state index contributed by atoms with van der Waals surface area (Å²) >= 11 is 1.73. The molecule has 0 atom stereocenters. The van der Waals surface area contributed by atoms with Gasteiger partial charge in [-0.15, -0.1) is 11.3 Å². The van der Waals surface area contributed by atoms with Crippen LogP contribution in [0.3, 0.4) is 0 Å². The maximum absolute atomic E-state index is 10.5. The average Bonchev–Trinajstić information content (AvgIpc) is 2.60. The lowest BCUT2D eigenvalue weighted by molar-refractivity contribution is -0.107. The number of rotatable bonds is 2. The summed E-state index contributed by atoms with van der Waals surface area (Å²) < 4.78 is 1.19. The number of benzene rings is 1. The molecular formula is C13H15NOS. The number of hydrogen-bond donors (Lipinski definition) is 0. The fraction of sp³-hybridized carbons (Fsp3) is 0.385. The minimum Gasteiger partial charge on any atom is -0.303 e. The van der Waals surface area contributed by atoms with Gasteiger partial charge in [-0.25, -0.2) is 4.98 Å². The van der Waals surface area contributed by atoms with Gasteiger partial charge in [0.25, 0.3) is 0 Å². The van der Waals surface area contributed by atoms with Gasteiger partial charge in [0, 0.05) is 11.8 Å². The van der Waals surface area contributed by atoms with Crippen LogP contribution in [-0.4, -0.2) is 11.3 Å². The molecule has 0 bridgehead atoms. The van der Waals surface area contributed by atoms with Crippen molar-refractivity contribution in [3.8, 4) is 0 Å². The van der Waals surface area contributed by atoms with E-state index in [1.807, 2.05) is 12.1 Å². The molecule has 0 aliphatic rings. The van der Waals surface area contributed by atoms with E-state index in [1.54, 1.807) is 11.3 Å². The smallest absolute Gasteiger partial charge is 0.124 e. The van der Waals surface area contributed by atoms with Crippen LogP contribution >= 0.6 is 11.3 Å². The molecule has 0 N–H and O–H groups in total. The Bertz CT molecular complexity index is 522. The Kier molecular flexibility index (Phi) is 2.80. The normalized spacial score (nSPS) is 11.9. The zero-order valence-corrected chi connectivity index (χ0v) is 10.6. The molecule has 0 spiro atoms. The number of fused-ring (bicyclic) bond motifs is 1. The fourth-order valence-corrected chi connectivity index (χ4v) is 2.52. The second kappa shape index (κ2) is 3.98. The Balaban J connectivity index is 2.50. The third-order valence-electron chi connectivity index (χ3n) is 2.41. The summed E-state index contributed by atoms with van der Waals surface area (Å²) in [5, 5.41) is 1.14. The van der Waals surface area contributed by atoms with Crippen LogP contribution in [0, 0.1) is 0 Å². The van der Waals surface area contributed by atoms with Crippen LogP contribution in [0.5, 0.6) is 0 Å². The number of aromatic nitrogens is 1. The first kappa shape index (κ1) is 11.3. The van der Waals surface area contributed by atoms with Crippen LogP contribution in [0.4, 0.5) is 0 Å². The van der Waals surface area contributed by atoms with Gasteiger partial charge in [-0.2, -0.15) is 0 Å². The molecule has 0 amide bonds. The summed E-state index contributed by atoms with van der Waals surface area (Å²) in [4.78, 5) is 15.1. The molecule has 0 aliphatic carbocycles. The highest BCUT2D eigenvalue weighted by atomic mass is 32.1. The van der Waals surface area contributed by atoms with Crippen molar-refractivity contribution in [3.63, 3.8) is 0 Å². The van der Waals surface area contributed by atoms with Gasteiger partial charge >= 0.3 is 0 Å². The quantitative estimate of drug-likeness (QED) is 0.745. The lowest BCUT2D eigenvalue weighted by Gasteiger charge is -2.13. The van der Waals surface area contributed by atoms with E-state index in [0.717, 1.165) is 22.4 Å². The Morgan fingerprint density at radius 1 is 1.38 bits per heavy atom. The monoisotopic (exact) mass is 233 g/mol. The van der Waals surface area contributed by atoms with Crippen molar-refractivity contribution in [2.75, 3.05) is 0 Å². The van der Waals surface area contributed by atoms with Gasteiger partial charge in [0.15, 0.2) is 0 Å². The maximum atomic E-state index is 10.5. The number of thiazole rings is 1. The van der Waals surface area contributed by atoms with E-state index < -0.39 is 0 Å². The number of hydrogen-bond acceptors (Lipinski definition) is 3. The zero-order chi connectivity index (χ0) is 11.8. The van der Waals surface area contributed by atoms with Crippen molar-refractivity contribution in [1.29, 1.82) is 0 Å². The van der Waals surface area contributed by atoms with Crippen molar-refractivity contribution in [2.45, 2.75) is 32.6 Å². The van der Waals surface area contributed by atoms with Crippen molar-refractivity contribution in [3.05, 3.63) is 28.8 Å². The first-order valence-corrected chi connectivity index (χ1v) is 6.16. The highest BCUT2D eigenvalue weighted by Crippen LogP contribution is 2.31. The Hall–Kier alpha value is -1.22. The molecule has 1 aromatic heterocycles. The van der Waals surface area contributed by atoms with Gasteiger partial charge in [-0.3, -0.25) is 0 Å². The summed E-state index contributed by atoms with van der Waals surface area (Å²) in [6, 6.07) is 6.07. The first-order chi connectivity index (χ1) is 7.50. The Morgan fingerprint density at radius 3 is 2.75 bits per heavy atom. The molecule has 2 aromatic rings. The van der Waals surface area contributed by atoms with Gasteiger partial charge in [0.1, 0.15) is 6.29 Å². The minimum atomic E-state index is 0.0918. The lowest BCUT2D eigenvalue weighted by atomic mass is 9.98. The molecule has 16 heavy (non-hydrogen) atoms. The number of nitrogens with zero attached hydrogens (tertiary/aromatic N) is 1. The van der Waals surface area contributed by atoms with E-state index in [9.17, 15) is 4.79 Å². The minimum absolute atomic E-state index is 0.0918. The van der Waals surface area contributed by atoms with Gasteiger partial charge in [-0.1, -0.05) is 26.8 Å². The zero-order valence-electron chi connectivity index (χ0n) is 9.78. The maximum Gasteiger partial charge on any atom is 0.124 e. The van der Waals surface area contributed by atoms with Crippen LogP contribution in [0.15, 0.2) is 18.2 Å². The van der Waals surface area contributed by atoms with Crippen molar-refractivity contribution in [2.24, 2.45) is 0 Å². The lowest BCUT2D eigenvalue weighted by Crippen LogP contribution is -2.09. The largest absolute Gasteiger partial charge is 0.303 e. The molecule has 0 fully saturated rings. The average molecular weight is 233 g/mol. The highest BCUT2D eigenvalue weighted by molar-refractivity contribution is 7.18. The Labute approximate surface area is 99.3 Å². The predicted octanol–water partition coefficient (Wildman–Crippen LogP) is 3.34. The van der Waals surface area contributed by atoms with Gasteiger partial charge in [-0.05, 0) is 17.7 Å². The van der Waals surface area contributed by atoms with Crippen LogP contribution in [0.2, 0.25) is 0 Å². The van der Waals surface area contributed by atoms with Crippen molar-refractivity contribution < 1.29 is 4.79 Å². The standard InChI is InChI=1S/C13H15NOS/c1-13(2,3)12-14-10-8-9(6-7-15)4-5-11(10)16-12/h4-5,7-8H,6H2,1-3H3. The van der Waals surface area contributed by atoms with E-state index in [0.29, 0.717) is 6.42 Å². The molecule has 0 radical (unpaired) electrons. The number of carbonyl (C=O) groups is 1. The predicted molar refractivity (Wildman–Crippen MR) is 68.1 cm³/mol. The molecule has 0 unspecified atom stereocenters. The first-order valence-electron chi connectivity index (χ1n) is 5.34. The summed E-state index contributed by atoms with van der Waals surface area (Å²) in [5.74, 6) is 0. The van der Waals surface area contributed by atoms with Gasteiger partial charge in [0.2, 0.25) is 0 Å². The van der Waals surface area contributed by atoms with E-state index in [4.69, 9.17) is 0 Å². The Morgan fingerprint density at radius 2 is 2.12 bits per heavy atom. The van der Waals surface area contributed by atoms with Gasteiger partial charge in [0.05, 0.1) is 15.2 Å². The fourth-order valence-electron chi connectivity index (χ4n) is 1.52. The summed E-state index contributed by atoms with van der Waals surface area (Å²) in [6.07, 6.45) is 1.40. The molecule has 3 heteroatoms. The van der Waals surface area contributed by atoms with Crippen LogP contribution < -0.4 is 0 Å². The molecule has 0 aliphatic heterocycles. The molecule has 2 nitrogen and oxygen atoms in total. The summed E-state index contributed by atoms with van der Waals surface area (Å²) in [7, 11) is 0. The molecule has 0 saturated carbocycles. The number of aldehydes is 1. The second-order valence-electron chi connectivity index (χ2n) is 4.94. The SMILES string of the molecule is CC(C)(C)c1nc2cc(CC=O)ccc2s1. The van der Waals surface area contributed by atoms with E-state index in [2.05, 4.69) is 31.8 Å². The van der Waals surface area contributed by atoms with Crippen molar-refractivity contribution >= 4 is 27.8 Å². The summed E-state index contributed by atoms with van der Waals surface area (Å²) in [6.45, 7) is 6.49. The third kappa shape index (κ3) is 2.14. The van der Waals surface area contributed by atoms with E-state index in [1.165, 1.54) is 4.70 Å². The summed E-state index contributed by atoms with van der Waals surface area (Å²) in [5.41, 5.74) is 2.14. The van der Waals surface area contributed by atoms with E-state index >= 15 is 0 Å². The van der Waals surface area contributed by atoms with Crippen LogP contribution in [0.1, 0.15) is 31.3 Å². The van der Waals surface area contributed by atoms with E-state index in [-0.39, 0.29) is 5.41 Å². The molecule has 1 heterocycles. The van der Waals surface area contributed by atoms with Gasteiger partial charge < -0.3 is 4.79 Å². The van der Waals surface area contributed by atoms with Crippen LogP contribution in [-0.2, 0) is 16.6 Å². The highest BCUT2D eigenvalue weighted by Gasteiger charge is 2.18. The molecule has 1 aromatic carbocycles. The second-order valence-corrected chi connectivity index (χ2v) is 5.97.